The van der Waals surface area contributed by atoms with Crippen LogP contribution in [0.3, 0.4) is 0 Å². The maximum atomic E-state index is 12.4. The number of phenols is 3. The molecule has 0 aliphatic carbocycles. The predicted octanol–water partition coefficient (Wildman–Crippen LogP) is 4.24. The molecule has 2 atom stereocenters. The van der Waals surface area contributed by atoms with Gasteiger partial charge in [0.05, 0.1) is 6.10 Å². The summed E-state index contributed by atoms with van der Waals surface area (Å²) in [6.07, 6.45) is 3.25. The summed E-state index contributed by atoms with van der Waals surface area (Å²) in [6, 6.07) is 1.10. The molecule has 0 radical (unpaired) electrons. The number of ketones is 1. The molecule has 0 aromatic heterocycles. The second-order valence-electron chi connectivity index (χ2n) is 6.95. The van der Waals surface area contributed by atoms with Crippen molar-refractivity contribution in [3.63, 3.8) is 0 Å². The highest BCUT2D eigenvalue weighted by molar-refractivity contribution is 6.03. The summed E-state index contributed by atoms with van der Waals surface area (Å²) in [7, 11) is 0. The fraction of sp³-hybridized carbons (Fsp3) is 0.476. The normalized spacial score (nSPS) is 14.1. The lowest BCUT2D eigenvalue weighted by atomic mass is 9.92. The average Bonchev–Trinajstić information content (AvgIpc) is 2.57. The van der Waals surface area contributed by atoms with Gasteiger partial charge in [0, 0.05) is 17.5 Å². The Balaban J connectivity index is 3.05. The number of aromatic hydroxyl groups is 3. The number of Topliss-reactive ketones (excluding diaryl/α,β-unsaturated/α-hetero) is 1. The molecule has 0 fully saturated rings. The maximum Gasteiger partial charge on any atom is 0.173 e. The van der Waals surface area contributed by atoms with E-state index in [0.717, 1.165) is 11.6 Å². The lowest BCUT2D eigenvalue weighted by Crippen LogP contribution is -2.11. The second kappa shape index (κ2) is 9.43. The topological polar surface area (TPSA) is 98.0 Å². The van der Waals surface area contributed by atoms with E-state index in [-0.39, 0.29) is 40.7 Å². The Morgan fingerprint density at radius 1 is 1.23 bits per heavy atom. The highest BCUT2D eigenvalue weighted by Crippen LogP contribution is 2.39. The third kappa shape index (κ3) is 5.36. The molecule has 0 saturated heterocycles. The number of aliphatic hydroxyl groups is 1. The molecule has 1 rings (SSSR count). The molecule has 0 spiro atoms. The number of hydrogen-bond acceptors (Lipinski definition) is 5. The fourth-order valence-corrected chi connectivity index (χ4v) is 2.55. The minimum Gasteiger partial charge on any atom is -0.507 e. The molecule has 1 aromatic carbocycles. The van der Waals surface area contributed by atoms with Gasteiger partial charge in [0.1, 0.15) is 22.8 Å². The smallest absolute Gasteiger partial charge is 0.173 e. The standard InChI is InChI=1S/C21H30O5/c1-6-14(5)20(25)19-18(24)11-17(23)15(21(19)26)9-7-13(4)8-10-16(22)12(2)3/h7,11,14,16,22-24,26H,2,6,8-10H2,1,3-5H3/b13-7+. The minimum absolute atomic E-state index is 0.143. The number of rotatable bonds is 9. The summed E-state index contributed by atoms with van der Waals surface area (Å²) in [5.74, 6) is -1.75. The van der Waals surface area contributed by atoms with Crippen LogP contribution in [0.5, 0.6) is 17.2 Å². The zero-order valence-corrected chi connectivity index (χ0v) is 16.0. The Kier molecular flexibility index (Phi) is 7.90. The molecule has 1 aromatic rings. The summed E-state index contributed by atoms with van der Waals surface area (Å²) < 4.78 is 0. The predicted molar refractivity (Wildman–Crippen MR) is 103 cm³/mol. The Bertz CT molecular complexity index is 703. The van der Waals surface area contributed by atoms with Gasteiger partial charge in [-0.05, 0) is 39.5 Å². The van der Waals surface area contributed by atoms with Gasteiger partial charge >= 0.3 is 0 Å². The SMILES string of the molecule is C=C(C)C(O)CC/C(C)=C/Cc1c(O)cc(O)c(C(=O)C(C)CC)c1O. The first-order valence-electron chi connectivity index (χ1n) is 8.90. The number of hydrogen-bond donors (Lipinski definition) is 4. The molecule has 2 unspecified atom stereocenters. The van der Waals surface area contributed by atoms with Crippen LogP contribution in [0.25, 0.3) is 0 Å². The molecular formula is C21H30O5. The van der Waals surface area contributed by atoms with Gasteiger partial charge in [-0.3, -0.25) is 4.79 Å². The van der Waals surface area contributed by atoms with Crippen LogP contribution in [0.2, 0.25) is 0 Å². The lowest BCUT2D eigenvalue weighted by Gasteiger charge is -2.15. The van der Waals surface area contributed by atoms with E-state index in [2.05, 4.69) is 6.58 Å². The summed E-state index contributed by atoms with van der Waals surface area (Å²) in [4.78, 5) is 12.4. The molecule has 0 aliphatic rings. The number of allylic oxidation sites excluding steroid dienone is 2. The first-order valence-corrected chi connectivity index (χ1v) is 8.90. The van der Waals surface area contributed by atoms with Crippen LogP contribution in [0.1, 0.15) is 62.9 Å². The summed E-state index contributed by atoms with van der Waals surface area (Å²) in [5, 5.41) is 40.3. The molecule has 0 aliphatic heterocycles. The van der Waals surface area contributed by atoms with Crippen LogP contribution >= 0.6 is 0 Å². The van der Waals surface area contributed by atoms with Crippen LogP contribution < -0.4 is 0 Å². The van der Waals surface area contributed by atoms with Crippen molar-refractivity contribution in [2.24, 2.45) is 5.92 Å². The first-order chi connectivity index (χ1) is 12.1. The Morgan fingerprint density at radius 3 is 2.38 bits per heavy atom. The van der Waals surface area contributed by atoms with Crippen molar-refractivity contribution in [2.75, 3.05) is 0 Å². The van der Waals surface area contributed by atoms with Crippen molar-refractivity contribution >= 4 is 5.78 Å². The van der Waals surface area contributed by atoms with Gasteiger partial charge in [-0.25, -0.2) is 0 Å². The van der Waals surface area contributed by atoms with Gasteiger partial charge in [0.15, 0.2) is 5.78 Å². The molecule has 144 valence electrons. The monoisotopic (exact) mass is 362 g/mol. The largest absolute Gasteiger partial charge is 0.507 e. The van der Waals surface area contributed by atoms with E-state index in [4.69, 9.17) is 0 Å². The highest BCUT2D eigenvalue weighted by atomic mass is 16.3. The van der Waals surface area contributed by atoms with Crippen LogP contribution in [0, 0.1) is 5.92 Å². The zero-order chi connectivity index (χ0) is 20.0. The molecule has 5 nitrogen and oxygen atoms in total. The van der Waals surface area contributed by atoms with Crippen LogP contribution in [0.15, 0.2) is 29.9 Å². The Morgan fingerprint density at radius 2 is 1.85 bits per heavy atom. The molecule has 5 heteroatoms. The summed E-state index contributed by atoms with van der Waals surface area (Å²) in [5.41, 5.74) is 1.75. The third-order valence-electron chi connectivity index (χ3n) is 4.70. The molecule has 0 heterocycles. The van der Waals surface area contributed by atoms with Gasteiger partial charge in [-0.1, -0.05) is 37.6 Å². The van der Waals surface area contributed by atoms with Gasteiger partial charge in [0.25, 0.3) is 0 Å². The van der Waals surface area contributed by atoms with Crippen molar-refractivity contribution in [1.29, 1.82) is 0 Å². The van der Waals surface area contributed by atoms with Crippen molar-refractivity contribution in [2.45, 2.75) is 59.5 Å². The average molecular weight is 362 g/mol. The number of aliphatic hydroxyl groups excluding tert-OH is 1. The number of carbonyl (C=O) groups is 1. The Labute approximate surface area is 155 Å². The molecule has 0 amide bonds. The fourth-order valence-electron chi connectivity index (χ4n) is 2.55. The van der Waals surface area contributed by atoms with Crippen molar-refractivity contribution < 1.29 is 25.2 Å². The lowest BCUT2D eigenvalue weighted by molar-refractivity contribution is 0.0921. The first kappa shape index (κ1) is 21.8. The van der Waals surface area contributed by atoms with E-state index in [0.29, 0.717) is 24.8 Å². The summed E-state index contributed by atoms with van der Waals surface area (Å²) >= 11 is 0. The van der Waals surface area contributed by atoms with Crippen LogP contribution in [-0.2, 0) is 6.42 Å². The van der Waals surface area contributed by atoms with E-state index < -0.39 is 11.9 Å². The Hall–Kier alpha value is -2.27. The summed E-state index contributed by atoms with van der Waals surface area (Å²) in [6.45, 7) is 11.0. The van der Waals surface area contributed by atoms with Crippen molar-refractivity contribution in [1.82, 2.24) is 0 Å². The zero-order valence-electron chi connectivity index (χ0n) is 16.0. The molecule has 0 bridgehead atoms. The molecule has 4 N–H and O–H groups in total. The van der Waals surface area contributed by atoms with Gasteiger partial charge in [-0.2, -0.15) is 0 Å². The van der Waals surface area contributed by atoms with Crippen molar-refractivity contribution in [3.8, 4) is 17.2 Å². The van der Waals surface area contributed by atoms with E-state index in [1.165, 1.54) is 0 Å². The van der Waals surface area contributed by atoms with Gasteiger partial charge in [0.2, 0.25) is 0 Å². The highest BCUT2D eigenvalue weighted by Gasteiger charge is 2.25. The van der Waals surface area contributed by atoms with E-state index in [9.17, 15) is 25.2 Å². The third-order valence-corrected chi connectivity index (χ3v) is 4.70. The minimum atomic E-state index is -0.561. The van der Waals surface area contributed by atoms with E-state index in [1.807, 2.05) is 19.9 Å². The maximum absolute atomic E-state index is 12.4. The number of carbonyl (C=O) groups excluding carboxylic acids is 1. The van der Waals surface area contributed by atoms with Gasteiger partial charge in [-0.15, -0.1) is 0 Å². The number of benzene rings is 1. The van der Waals surface area contributed by atoms with Crippen molar-refractivity contribution in [3.05, 3.63) is 41.0 Å². The second-order valence-corrected chi connectivity index (χ2v) is 6.95. The molecular weight excluding hydrogens is 332 g/mol. The van der Waals surface area contributed by atoms with E-state index in [1.54, 1.807) is 13.8 Å². The number of phenolic OH excluding ortho intramolecular Hbond substituents is 3. The molecule has 26 heavy (non-hydrogen) atoms. The van der Waals surface area contributed by atoms with E-state index >= 15 is 0 Å². The quantitative estimate of drug-likeness (QED) is 0.389. The van der Waals surface area contributed by atoms with Crippen LogP contribution in [-0.4, -0.2) is 32.3 Å². The van der Waals surface area contributed by atoms with Gasteiger partial charge < -0.3 is 20.4 Å². The molecule has 0 saturated carbocycles. The van der Waals surface area contributed by atoms with Crippen LogP contribution in [0.4, 0.5) is 0 Å².